The van der Waals surface area contributed by atoms with Crippen molar-refractivity contribution >= 4 is 12.2 Å². The SMILES string of the molecule is CC(COc1ccccc1)CC(O)(Cn1[nH]cnc1=S)C(C)(C)C. The first-order chi connectivity index (χ1) is 11.2. The molecule has 0 bridgehead atoms. The summed E-state index contributed by atoms with van der Waals surface area (Å²) < 4.78 is 7.99. The molecule has 1 aromatic heterocycles. The van der Waals surface area contributed by atoms with Crippen molar-refractivity contribution in [1.82, 2.24) is 14.8 Å². The predicted molar refractivity (Wildman–Crippen MR) is 97.5 cm³/mol. The van der Waals surface area contributed by atoms with Crippen molar-refractivity contribution in [1.29, 1.82) is 0 Å². The van der Waals surface area contributed by atoms with Gasteiger partial charge in [0.2, 0.25) is 4.77 Å². The normalized spacial score (nSPS) is 15.7. The van der Waals surface area contributed by atoms with Gasteiger partial charge >= 0.3 is 0 Å². The second-order valence-electron chi connectivity index (χ2n) is 7.47. The van der Waals surface area contributed by atoms with Crippen LogP contribution in [0.2, 0.25) is 0 Å². The second kappa shape index (κ2) is 7.49. The summed E-state index contributed by atoms with van der Waals surface area (Å²) in [5.41, 5.74) is -1.24. The fraction of sp³-hybridized carbons (Fsp3) is 0.556. The summed E-state index contributed by atoms with van der Waals surface area (Å²) in [6.07, 6.45) is 2.15. The van der Waals surface area contributed by atoms with Gasteiger partial charge in [-0.15, -0.1) is 0 Å². The molecule has 0 spiro atoms. The van der Waals surface area contributed by atoms with E-state index in [2.05, 4.69) is 17.0 Å². The molecule has 0 saturated carbocycles. The van der Waals surface area contributed by atoms with E-state index in [1.165, 1.54) is 0 Å². The molecule has 1 aromatic carbocycles. The van der Waals surface area contributed by atoms with E-state index in [1.807, 2.05) is 51.1 Å². The van der Waals surface area contributed by atoms with Crippen molar-refractivity contribution in [2.24, 2.45) is 11.3 Å². The third-order valence-corrected chi connectivity index (χ3v) is 4.72. The number of aliphatic hydroxyl groups is 1. The minimum absolute atomic E-state index is 0.187. The zero-order valence-corrected chi connectivity index (χ0v) is 15.6. The molecule has 5 nitrogen and oxygen atoms in total. The molecule has 1 heterocycles. The van der Waals surface area contributed by atoms with Crippen molar-refractivity contribution in [3.63, 3.8) is 0 Å². The molecule has 2 N–H and O–H groups in total. The lowest BCUT2D eigenvalue weighted by Gasteiger charge is -2.42. The summed E-state index contributed by atoms with van der Waals surface area (Å²) in [5.74, 6) is 1.03. The smallest absolute Gasteiger partial charge is 0.215 e. The van der Waals surface area contributed by atoms with Crippen LogP contribution in [-0.4, -0.2) is 32.1 Å². The van der Waals surface area contributed by atoms with Gasteiger partial charge in [0.05, 0.1) is 18.8 Å². The van der Waals surface area contributed by atoms with Crippen LogP contribution in [0.25, 0.3) is 0 Å². The van der Waals surface area contributed by atoms with E-state index in [-0.39, 0.29) is 11.3 Å². The maximum Gasteiger partial charge on any atom is 0.215 e. The van der Waals surface area contributed by atoms with Gasteiger partial charge in [-0.05, 0) is 42.1 Å². The van der Waals surface area contributed by atoms with Crippen LogP contribution in [0, 0.1) is 16.1 Å². The molecule has 0 aliphatic carbocycles. The Morgan fingerprint density at radius 2 is 1.96 bits per heavy atom. The highest BCUT2D eigenvalue weighted by molar-refractivity contribution is 7.71. The van der Waals surface area contributed by atoms with Crippen molar-refractivity contribution in [2.45, 2.75) is 46.3 Å². The highest BCUT2D eigenvalue weighted by Gasteiger charge is 2.41. The number of ether oxygens (including phenoxy) is 1. The van der Waals surface area contributed by atoms with E-state index < -0.39 is 5.60 Å². The van der Waals surface area contributed by atoms with Gasteiger partial charge in [0.25, 0.3) is 0 Å². The van der Waals surface area contributed by atoms with E-state index in [9.17, 15) is 5.11 Å². The lowest BCUT2D eigenvalue weighted by Crippen LogP contribution is -2.48. The lowest BCUT2D eigenvalue weighted by molar-refractivity contribution is -0.0919. The van der Waals surface area contributed by atoms with Gasteiger partial charge < -0.3 is 9.84 Å². The van der Waals surface area contributed by atoms with Gasteiger partial charge in [0.15, 0.2) is 0 Å². The molecule has 0 saturated heterocycles. The largest absolute Gasteiger partial charge is 0.493 e. The third kappa shape index (κ3) is 4.68. The summed E-state index contributed by atoms with van der Waals surface area (Å²) in [5, 5.41) is 14.3. The number of aromatic amines is 1. The Hall–Kier alpha value is -1.66. The Morgan fingerprint density at radius 3 is 2.50 bits per heavy atom. The molecule has 132 valence electrons. The predicted octanol–water partition coefficient (Wildman–Crippen LogP) is 3.82. The molecule has 0 fully saturated rings. The van der Waals surface area contributed by atoms with E-state index in [1.54, 1.807) is 11.0 Å². The Bertz CT molecular complexity index is 690. The molecular formula is C18H27N3O2S. The topological polar surface area (TPSA) is 63.1 Å². The Labute approximate surface area is 148 Å². The summed E-state index contributed by atoms with van der Waals surface area (Å²) in [4.78, 5) is 4.02. The Kier molecular flexibility index (Phi) is 5.83. The highest BCUT2D eigenvalue weighted by Crippen LogP contribution is 2.37. The lowest BCUT2D eigenvalue weighted by atomic mass is 9.72. The van der Waals surface area contributed by atoms with Gasteiger partial charge in [-0.25, -0.2) is 4.98 Å². The van der Waals surface area contributed by atoms with Crippen LogP contribution in [-0.2, 0) is 6.54 Å². The first-order valence-corrected chi connectivity index (χ1v) is 8.62. The van der Waals surface area contributed by atoms with Crippen LogP contribution in [0.3, 0.4) is 0 Å². The number of rotatable bonds is 7. The second-order valence-corrected chi connectivity index (χ2v) is 7.84. The molecular weight excluding hydrogens is 322 g/mol. The van der Waals surface area contributed by atoms with Crippen LogP contribution in [0.1, 0.15) is 34.1 Å². The van der Waals surface area contributed by atoms with Gasteiger partial charge in [-0.2, -0.15) is 0 Å². The van der Waals surface area contributed by atoms with E-state index >= 15 is 0 Å². The first-order valence-electron chi connectivity index (χ1n) is 8.22. The molecule has 0 aliphatic rings. The Balaban J connectivity index is 2.05. The fourth-order valence-electron chi connectivity index (χ4n) is 2.65. The standard InChI is InChI=1S/C18H27N3O2S/c1-14(11-23-15-8-6-5-7-9-15)10-18(22,17(2,3)4)12-21-16(24)19-13-20-21/h5-9,13-14,22H,10-12H2,1-4H3,(H,19,20,24). The molecule has 24 heavy (non-hydrogen) atoms. The van der Waals surface area contributed by atoms with Crippen molar-refractivity contribution in [3.05, 3.63) is 41.4 Å². The fourth-order valence-corrected chi connectivity index (χ4v) is 2.82. The number of hydrogen-bond donors (Lipinski definition) is 2. The minimum Gasteiger partial charge on any atom is -0.493 e. The highest BCUT2D eigenvalue weighted by atomic mass is 32.1. The third-order valence-electron chi connectivity index (χ3n) is 4.40. The number of nitrogens with zero attached hydrogens (tertiary/aromatic N) is 2. The Morgan fingerprint density at radius 1 is 1.29 bits per heavy atom. The van der Waals surface area contributed by atoms with Crippen LogP contribution < -0.4 is 4.74 Å². The van der Waals surface area contributed by atoms with Crippen molar-refractivity contribution < 1.29 is 9.84 Å². The van der Waals surface area contributed by atoms with Crippen LogP contribution in [0.5, 0.6) is 5.75 Å². The monoisotopic (exact) mass is 349 g/mol. The zero-order chi connectivity index (χ0) is 17.8. The molecule has 0 aliphatic heterocycles. The average Bonchev–Trinajstić information content (AvgIpc) is 2.90. The van der Waals surface area contributed by atoms with E-state index in [4.69, 9.17) is 17.0 Å². The molecule has 0 amide bonds. The van der Waals surface area contributed by atoms with Crippen molar-refractivity contribution in [3.8, 4) is 5.75 Å². The summed E-state index contributed by atoms with van der Waals surface area (Å²) >= 11 is 5.19. The molecule has 2 unspecified atom stereocenters. The van der Waals surface area contributed by atoms with Crippen LogP contribution in [0.15, 0.2) is 36.7 Å². The first kappa shape index (κ1) is 18.7. The van der Waals surface area contributed by atoms with Gasteiger partial charge in [-0.1, -0.05) is 45.9 Å². The number of hydrogen-bond acceptors (Lipinski definition) is 4. The van der Waals surface area contributed by atoms with Crippen molar-refractivity contribution in [2.75, 3.05) is 6.61 Å². The molecule has 0 radical (unpaired) electrons. The van der Waals surface area contributed by atoms with Crippen LogP contribution in [0.4, 0.5) is 0 Å². The van der Waals surface area contributed by atoms with E-state index in [0.29, 0.717) is 24.3 Å². The summed E-state index contributed by atoms with van der Waals surface area (Å²) in [6.45, 7) is 9.14. The number of H-pyrrole nitrogens is 1. The minimum atomic E-state index is -0.933. The molecule has 6 heteroatoms. The summed E-state index contributed by atoms with van der Waals surface area (Å²) in [6, 6.07) is 9.73. The maximum atomic E-state index is 11.3. The molecule has 2 rings (SSSR count). The number of para-hydroxylation sites is 1. The number of aromatic nitrogens is 3. The van der Waals surface area contributed by atoms with Gasteiger partial charge in [0, 0.05) is 0 Å². The molecule has 2 atom stereocenters. The molecule has 2 aromatic rings. The van der Waals surface area contributed by atoms with Gasteiger partial charge in [-0.3, -0.25) is 9.78 Å². The summed E-state index contributed by atoms with van der Waals surface area (Å²) in [7, 11) is 0. The zero-order valence-electron chi connectivity index (χ0n) is 14.8. The quantitative estimate of drug-likeness (QED) is 0.746. The van der Waals surface area contributed by atoms with E-state index in [0.717, 1.165) is 5.75 Å². The average molecular weight is 350 g/mol. The number of benzene rings is 1. The maximum absolute atomic E-state index is 11.3. The van der Waals surface area contributed by atoms with Gasteiger partial charge in [0.1, 0.15) is 12.1 Å². The van der Waals surface area contributed by atoms with Crippen LogP contribution >= 0.6 is 12.2 Å². The number of nitrogens with one attached hydrogen (secondary N) is 1.